The van der Waals surface area contributed by atoms with Gasteiger partial charge in [0.1, 0.15) is 5.69 Å². The molecule has 104 valence electrons. The molecule has 1 aromatic heterocycles. The lowest BCUT2D eigenvalue weighted by Gasteiger charge is -2.14. The Hall–Kier alpha value is -1.34. The fourth-order valence-corrected chi connectivity index (χ4v) is 3.11. The molecule has 0 radical (unpaired) electrons. The van der Waals surface area contributed by atoms with Crippen molar-refractivity contribution in [3.05, 3.63) is 18.0 Å². The standard InChI is InChI=1S/C12H17N3O3S/c13-19(17,18)9-5-10(14-6-9)11(16)15-7-12(3-4-12)8-1-2-8/h5-6,8,14H,1-4,7H2,(H,15,16)(H2,13,17,18). The van der Waals surface area contributed by atoms with Crippen molar-refractivity contribution in [2.45, 2.75) is 30.6 Å². The minimum absolute atomic E-state index is 0.0685. The third kappa shape index (κ3) is 2.52. The fraction of sp³-hybridized carbons (Fsp3) is 0.583. The highest BCUT2D eigenvalue weighted by molar-refractivity contribution is 7.89. The van der Waals surface area contributed by atoms with Crippen molar-refractivity contribution in [1.29, 1.82) is 0 Å². The maximum Gasteiger partial charge on any atom is 0.267 e. The van der Waals surface area contributed by atoms with Crippen molar-refractivity contribution >= 4 is 15.9 Å². The molecule has 0 bridgehead atoms. The van der Waals surface area contributed by atoms with Gasteiger partial charge in [-0.3, -0.25) is 4.79 Å². The summed E-state index contributed by atoms with van der Waals surface area (Å²) in [7, 11) is -3.76. The molecule has 2 fully saturated rings. The molecule has 7 heteroatoms. The number of hydrogen-bond acceptors (Lipinski definition) is 3. The van der Waals surface area contributed by atoms with Gasteiger partial charge in [0.15, 0.2) is 0 Å². The summed E-state index contributed by atoms with van der Waals surface area (Å²) >= 11 is 0. The molecule has 1 heterocycles. The monoisotopic (exact) mass is 283 g/mol. The molecular weight excluding hydrogens is 266 g/mol. The molecule has 2 saturated carbocycles. The number of hydrogen-bond donors (Lipinski definition) is 3. The molecule has 0 saturated heterocycles. The number of sulfonamides is 1. The molecule has 0 aliphatic heterocycles. The first-order chi connectivity index (χ1) is 8.91. The van der Waals surface area contributed by atoms with Gasteiger partial charge < -0.3 is 10.3 Å². The molecule has 0 aromatic carbocycles. The molecule has 0 atom stereocenters. The van der Waals surface area contributed by atoms with E-state index in [-0.39, 0.29) is 16.5 Å². The Balaban J connectivity index is 1.63. The zero-order valence-corrected chi connectivity index (χ0v) is 11.3. The van der Waals surface area contributed by atoms with E-state index in [2.05, 4.69) is 10.3 Å². The maximum atomic E-state index is 11.9. The summed E-state index contributed by atoms with van der Waals surface area (Å²) in [5.41, 5.74) is 0.556. The minimum atomic E-state index is -3.76. The normalized spacial score (nSPS) is 21.1. The van der Waals surface area contributed by atoms with Gasteiger partial charge in [-0.1, -0.05) is 0 Å². The molecular formula is C12H17N3O3S. The average Bonchev–Trinajstić information content (AvgIpc) is 3.22. The molecule has 0 spiro atoms. The van der Waals surface area contributed by atoms with Crippen molar-refractivity contribution in [1.82, 2.24) is 10.3 Å². The Bertz CT molecular complexity index is 612. The third-order valence-electron chi connectivity index (χ3n) is 4.17. The van der Waals surface area contributed by atoms with Gasteiger partial charge >= 0.3 is 0 Å². The van der Waals surface area contributed by atoms with Crippen LogP contribution in [0.1, 0.15) is 36.2 Å². The first-order valence-corrected chi connectivity index (χ1v) is 7.95. The lowest BCUT2D eigenvalue weighted by atomic mass is 10.0. The molecule has 6 nitrogen and oxygen atoms in total. The molecule has 1 amide bonds. The average molecular weight is 283 g/mol. The lowest BCUT2D eigenvalue weighted by molar-refractivity contribution is 0.0938. The van der Waals surface area contributed by atoms with Crippen LogP contribution in [0.2, 0.25) is 0 Å². The summed E-state index contributed by atoms with van der Waals surface area (Å²) < 4.78 is 22.2. The Morgan fingerprint density at radius 2 is 2.16 bits per heavy atom. The van der Waals surface area contributed by atoms with Gasteiger partial charge in [0, 0.05) is 12.7 Å². The first kappa shape index (κ1) is 12.7. The van der Waals surface area contributed by atoms with E-state index in [1.165, 1.54) is 37.9 Å². The van der Waals surface area contributed by atoms with E-state index in [0.717, 1.165) is 5.92 Å². The highest BCUT2D eigenvalue weighted by Crippen LogP contribution is 2.60. The van der Waals surface area contributed by atoms with Gasteiger partial charge in [0.05, 0.1) is 4.90 Å². The SMILES string of the molecule is NS(=O)(=O)c1c[nH]c(C(=O)NCC2(C3CC3)CC2)c1. The smallest absolute Gasteiger partial charge is 0.267 e. The van der Waals surface area contributed by atoms with Gasteiger partial charge in [-0.25, -0.2) is 13.6 Å². The van der Waals surface area contributed by atoms with Crippen molar-refractivity contribution < 1.29 is 13.2 Å². The van der Waals surface area contributed by atoms with Gasteiger partial charge in [-0.15, -0.1) is 0 Å². The number of carbonyl (C=O) groups excluding carboxylic acids is 1. The topological polar surface area (TPSA) is 105 Å². The number of amides is 1. The summed E-state index contributed by atoms with van der Waals surface area (Å²) in [6, 6.07) is 1.27. The van der Waals surface area contributed by atoms with Crippen LogP contribution in [-0.4, -0.2) is 25.9 Å². The van der Waals surface area contributed by atoms with Crippen LogP contribution in [0.25, 0.3) is 0 Å². The Morgan fingerprint density at radius 3 is 2.63 bits per heavy atom. The zero-order chi connectivity index (χ0) is 13.7. The zero-order valence-electron chi connectivity index (χ0n) is 10.5. The number of aromatic amines is 1. The van der Waals surface area contributed by atoms with Gasteiger partial charge in [-0.05, 0) is 43.1 Å². The fourth-order valence-electron chi connectivity index (χ4n) is 2.61. The van der Waals surface area contributed by atoms with Crippen molar-refractivity contribution in [2.24, 2.45) is 16.5 Å². The molecule has 4 N–H and O–H groups in total. The van der Waals surface area contributed by atoms with Crippen LogP contribution in [0.5, 0.6) is 0 Å². The third-order valence-corrected chi connectivity index (χ3v) is 5.06. The highest BCUT2D eigenvalue weighted by Gasteiger charge is 2.53. The molecule has 2 aliphatic rings. The van der Waals surface area contributed by atoms with Crippen molar-refractivity contribution in [3.8, 4) is 0 Å². The van der Waals surface area contributed by atoms with Crippen LogP contribution < -0.4 is 10.5 Å². The lowest BCUT2D eigenvalue weighted by Crippen LogP contribution is -2.31. The number of aromatic nitrogens is 1. The quantitative estimate of drug-likeness (QED) is 0.736. The van der Waals surface area contributed by atoms with Crippen LogP contribution in [0.4, 0.5) is 0 Å². The summed E-state index contributed by atoms with van der Waals surface area (Å²) in [5, 5.41) is 7.87. The second-order valence-electron chi connectivity index (χ2n) is 5.61. The van der Waals surface area contributed by atoms with Gasteiger partial charge in [-0.2, -0.15) is 0 Å². The van der Waals surface area contributed by atoms with Crippen LogP contribution in [0.3, 0.4) is 0 Å². The molecule has 3 rings (SSSR count). The number of nitrogens with one attached hydrogen (secondary N) is 2. The van der Waals surface area contributed by atoms with Crippen molar-refractivity contribution in [3.63, 3.8) is 0 Å². The maximum absolute atomic E-state index is 11.9. The Morgan fingerprint density at radius 1 is 1.47 bits per heavy atom. The van der Waals surface area contributed by atoms with E-state index in [1.807, 2.05) is 0 Å². The second kappa shape index (κ2) is 4.08. The van der Waals surface area contributed by atoms with Crippen LogP contribution in [-0.2, 0) is 10.0 Å². The number of carbonyl (C=O) groups is 1. The van der Waals surface area contributed by atoms with E-state index < -0.39 is 10.0 Å². The van der Waals surface area contributed by atoms with E-state index in [4.69, 9.17) is 5.14 Å². The van der Waals surface area contributed by atoms with Gasteiger partial charge in [0.25, 0.3) is 5.91 Å². The Labute approximate surface area is 111 Å². The molecule has 0 unspecified atom stereocenters. The van der Waals surface area contributed by atoms with Crippen molar-refractivity contribution in [2.75, 3.05) is 6.54 Å². The number of primary sulfonamides is 1. The molecule has 19 heavy (non-hydrogen) atoms. The van der Waals surface area contributed by atoms with Gasteiger partial charge in [0.2, 0.25) is 10.0 Å². The highest BCUT2D eigenvalue weighted by atomic mass is 32.2. The minimum Gasteiger partial charge on any atom is -0.356 e. The number of H-pyrrole nitrogens is 1. The number of nitrogens with two attached hydrogens (primary N) is 1. The second-order valence-corrected chi connectivity index (χ2v) is 7.17. The van der Waals surface area contributed by atoms with Crippen LogP contribution >= 0.6 is 0 Å². The predicted octanol–water partition coefficient (Wildman–Crippen LogP) is 0.582. The van der Waals surface area contributed by atoms with E-state index >= 15 is 0 Å². The van der Waals surface area contributed by atoms with Crippen LogP contribution in [0, 0.1) is 11.3 Å². The molecule has 1 aromatic rings. The Kier molecular flexibility index (Phi) is 2.72. The number of rotatable bonds is 5. The van der Waals surface area contributed by atoms with Crippen LogP contribution in [0.15, 0.2) is 17.2 Å². The van der Waals surface area contributed by atoms with E-state index in [1.54, 1.807) is 0 Å². The summed E-state index contributed by atoms with van der Waals surface area (Å²) in [5.74, 6) is 0.498. The first-order valence-electron chi connectivity index (χ1n) is 6.40. The molecule has 2 aliphatic carbocycles. The predicted molar refractivity (Wildman–Crippen MR) is 68.9 cm³/mol. The van der Waals surface area contributed by atoms with E-state index in [0.29, 0.717) is 12.0 Å². The summed E-state index contributed by atoms with van der Waals surface area (Å²) in [6.45, 7) is 0.681. The van der Waals surface area contributed by atoms with E-state index in [9.17, 15) is 13.2 Å². The summed E-state index contributed by atoms with van der Waals surface area (Å²) in [4.78, 5) is 14.5. The largest absolute Gasteiger partial charge is 0.356 e. The summed E-state index contributed by atoms with van der Waals surface area (Å²) in [6.07, 6.45) is 6.15.